The molecule has 188 valence electrons. The predicted molar refractivity (Wildman–Crippen MR) is 137 cm³/mol. The maximum Gasteiger partial charge on any atom is 0.250 e. The molecule has 1 fully saturated rings. The van der Waals surface area contributed by atoms with Gasteiger partial charge in [-0.05, 0) is 58.7 Å². The second-order valence-electron chi connectivity index (χ2n) is 11.2. The van der Waals surface area contributed by atoms with Gasteiger partial charge in [0.25, 0.3) is 0 Å². The summed E-state index contributed by atoms with van der Waals surface area (Å²) in [6.07, 6.45) is 8.65. The van der Waals surface area contributed by atoms with Crippen molar-refractivity contribution in [2.75, 3.05) is 40.3 Å². The Morgan fingerprint density at radius 1 is 1.15 bits per heavy atom. The standard InChI is InChI=1S/C27H48N4O2/c1-9-10-11-13-21-14-15-22(23-19-30(8)16-12-17-31(21)23)25(33)29-27(6,26(3,4)5)24(32)20(2)18-28-7/h14,20,28H,9-13,15-19H2,1-8H3,(H,29,33)/t20?,27-/m0/s1. The molecule has 2 heterocycles. The normalized spacial score (nSPS) is 20.5. The van der Waals surface area contributed by atoms with Crippen molar-refractivity contribution >= 4 is 11.7 Å². The van der Waals surface area contributed by atoms with Gasteiger partial charge >= 0.3 is 0 Å². The average molecular weight is 461 g/mol. The Bertz CT molecular complexity index is 765. The molecule has 0 radical (unpaired) electrons. The summed E-state index contributed by atoms with van der Waals surface area (Å²) in [4.78, 5) is 32.0. The molecule has 33 heavy (non-hydrogen) atoms. The molecule has 0 aromatic rings. The summed E-state index contributed by atoms with van der Waals surface area (Å²) in [5, 5.41) is 6.33. The van der Waals surface area contributed by atoms with Crippen LogP contribution in [-0.2, 0) is 9.59 Å². The maximum absolute atomic E-state index is 13.8. The molecule has 2 atom stereocenters. The molecular weight excluding hydrogens is 412 g/mol. The average Bonchev–Trinajstić information content (AvgIpc) is 2.93. The Labute approximate surface area is 202 Å². The Kier molecular flexibility index (Phi) is 9.74. The fourth-order valence-corrected chi connectivity index (χ4v) is 4.91. The van der Waals surface area contributed by atoms with Crippen LogP contribution < -0.4 is 10.6 Å². The van der Waals surface area contributed by atoms with Crippen LogP contribution in [0.2, 0.25) is 0 Å². The molecule has 2 N–H and O–H groups in total. The highest BCUT2D eigenvalue weighted by Crippen LogP contribution is 2.35. The summed E-state index contributed by atoms with van der Waals surface area (Å²) in [6.45, 7) is 15.5. The molecule has 0 bridgehead atoms. The summed E-state index contributed by atoms with van der Waals surface area (Å²) in [6, 6.07) is 0. The molecule has 0 saturated carbocycles. The van der Waals surface area contributed by atoms with Gasteiger partial charge in [-0.1, -0.05) is 53.5 Å². The van der Waals surface area contributed by atoms with Gasteiger partial charge in [-0.2, -0.15) is 0 Å². The van der Waals surface area contributed by atoms with Crippen molar-refractivity contribution in [2.24, 2.45) is 11.3 Å². The maximum atomic E-state index is 13.8. The highest BCUT2D eigenvalue weighted by atomic mass is 16.2. The second-order valence-corrected chi connectivity index (χ2v) is 11.2. The number of hydrogen-bond acceptors (Lipinski definition) is 5. The SMILES string of the molecule is CCCCCC1=CCC(C(=O)N[C@@](C)(C(=O)C(C)CNC)C(C)(C)C)=C2CN(C)CCCN12. The Hall–Kier alpha value is -1.66. The number of allylic oxidation sites excluding steroid dienone is 2. The third-order valence-corrected chi connectivity index (χ3v) is 7.53. The van der Waals surface area contributed by atoms with Gasteiger partial charge in [0, 0.05) is 42.5 Å². The number of ketones is 1. The lowest BCUT2D eigenvalue weighted by molar-refractivity contribution is -0.137. The number of fused-ring (bicyclic) bond motifs is 1. The van der Waals surface area contributed by atoms with Crippen molar-refractivity contribution < 1.29 is 9.59 Å². The molecule has 2 aliphatic rings. The van der Waals surface area contributed by atoms with E-state index in [0.717, 1.165) is 43.7 Å². The number of nitrogens with one attached hydrogen (secondary N) is 2. The lowest BCUT2D eigenvalue weighted by Gasteiger charge is -2.43. The first-order valence-corrected chi connectivity index (χ1v) is 12.8. The number of nitrogens with zero attached hydrogens (tertiary/aromatic N) is 2. The van der Waals surface area contributed by atoms with E-state index < -0.39 is 11.0 Å². The van der Waals surface area contributed by atoms with Crippen molar-refractivity contribution in [3.05, 3.63) is 23.0 Å². The zero-order chi connectivity index (χ0) is 24.8. The van der Waals surface area contributed by atoms with Crippen LogP contribution in [0.5, 0.6) is 0 Å². The summed E-state index contributed by atoms with van der Waals surface area (Å²) in [7, 11) is 3.98. The van der Waals surface area contributed by atoms with E-state index in [9.17, 15) is 9.59 Å². The number of carbonyl (C=O) groups is 2. The highest BCUT2D eigenvalue weighted by Gasteiger charge is 2.47. The Morgan fingerprint density at radius 3 is 2.45 bits per heavy atom. The van der Waals surface area contributed by atoms with E-state index in [1.54, 1.807) is 0 Å². The minimum Gasteiger partial charge on any atom is -0.347 e. The summed E-state index contributed by atoms with van der Waals surface area (Å²) in [5.74, 6) is -0.213. The smallest absolute Gasteiger partial charge is 0.250 e. The molecule has 1 unspecified atom stereocenters. The van der Waals surface area contributed by atoms with E-state index >= 15 is 0 Å². The molecule has 0 spiro atoms. The van der Waals surface area contributed by atoms with E-state index in [-0.39, 0.29) is 17.6 Å². The van der Waals surface area contributed by atoms with Crippen LogP contribution in [0.1, 0.15) is 80.1 Å². The first-order valence-electron chi connectivity index (χ1n) is 12.8. The highest BCUT2D eigenvalue weighted by molar-refractivity contribution is 6.01. The van der Waals surface area contributed by atoms with E-state index in [0.29, 0.717) is 13.0 Å². The van der Waals surface area contributed by atoms with E-state index in [1.165, 1.54) is 25.0 Å². The van der Waals surface area contributed by atoms with Gasteiger partial charge in [0.15, 0.2) is 5.78 Å². The molecule has 6 nitrogen and oxygen atoms in total. The summed E-state index contributed by atoms with van der Waals surface area (Å²) in [5.41, 5.74) is 1.92. The van der Waals surface area contributed by atoms with Crippen molar-refractivity contribution in [3.63, 3.8) is 0 Å². The van der Waals surface area contributed by atoms with Crippen molar-refractivity contribution in [1.82, 2.24) is 20.4 Å². The van der Waals surface area contributed by atoms with Crippen molar-refractivity contribution in [2.45, 2.75) is 85.6 Å². The molecule has 0 aromatic heterocycles. The van der Waals surface area contributed by atoms with E-state index in [4.69, 9.17) is 0 Å². The fourth-order valence-electron chi connectivity index (χ4n) is 4.91. The number of likely N-dealkylation sites (N-methyl/N-ethyl adjacent to an activating group) is 1. The van der Waals surface area contributed by atoms with Crippen LogP contribution in [0.25, 0.3) is 0 Å². The molecule has 0 aliphatic carbocycles. The van der Waals surface area contributed by atoms with E-state index in [2.05, 4.69) is 40.5 Å². The third kappa shape index (κ3) is 6.48. The van der Waals surface area contributed by atoms with Gasteiger partial charge in [-0.15, -0.1) is 0 Å². The topological polar surface area (TPSA) is 64.7 Å². The van der Waals surface area contributed by atoms with Crippen LogP contribution in [0.3, 0.4) is 0 Å². The number of amides is 1. The van der Waals surface area contributed by atoms with Gasteiger partial charge in [-0.25, -0.2) is 0 Å². The van der Waals surface area contributed by atoms with Crippen LogP contribution in [0.4, 0.5) is 0 Å². The molecule has 1 saturated heterocycles. The van der Waals surface area contributed by atoms with Gasteiger partial charge in [0.2, 0.25) is 5.91 Å². The lowest BCUT2D eigenvalue weighted by Crippen LogP contribution is -2.62. The third-order valence-electron chi connectivity index (χ3n) is 7.53. The van der Waals surface area contributed by atoms with Crippen LogP contribution in [-0.4, -0.2) is 67.3 Å². The molecule has 2 rings (SSSR count). The molecule has 2 aliphatic heterocycles. The first kappa shape index (κ1) is 27.6. The van der Waals surface area contributed by atoms with Crippen molar-refractivity contribution in [3.8, 4) is 0 Å². The number of carbonyl (C=O) groups excluding carboxylic acids is 2. The quantitative estimate of drug-likeness (QED) is 0.481. The Morgan fingerprint density at radius 2 is 1.85 bits per heavy atom. The molecule has 0 aromatic carbocycles. The summed E-state index contributed by atoms with van der Waals surface area (Å²) < 4.78 is 0. The first-order chi connectivity index (χ1) is 15.5. The minimum atomic E-state index is -0.958. The van der Waals surface area contributed by atoms with Gasteiger partial charge in [0.1, 0.15) is 5.54 Å². The summed E-state index contributed by atoms with van der Waals surface area (Å²) >= 11 is 0. The van der Waals surface area contributed by atoms with Gasteiger partial charge in [0.05, 0.1) is 0 Å². The molecule has 6 heteroatoms. The molecular formula is C27H48N4O2. The lowest BCUT2D eigenvalue weighted by atomic mass is 9.69. The number of hydrogen-bond donors (Lipinski definition) is 2. The van der Waals surface area contributed by atoms with Gasteiger partial charge in [-0.3, -0.25) is 9.59 Å². The fraction of sp³-hybridized carbons (Fsp3) is 0.778. The predicted octanol–water partition coefficient (Wildman–Crippen LogP) is 4.09. The van der Waals surface area contributed by atoms with Crippen molar-refractivity contribution in [1.29, 1.82) is 0 Å². The van der Waals surface area contributed by atoms with E-state index in [1.807, 2.05) is 41.7 Å². The second kappa shape index (κ2) is 11.7. The minimum absolute atomic E-state index is 0.0738. The molecule has 1 amide bonds. The van der Waals surface area contributed by atoms with Gasteiger partial charge < -0.3 is 20.4 Å². The largest absolute Gasteiger partial charge is 0.347 e. The number of unbranched alkanes of at least 4 members (excludes halogenated alkanes) is 2. The van der Waals surface area contributed by atoms with Crippen LogP contribution in [0.15, 0.2) is 23.0 Å². The number of Topliss-reactive ketones (excluding diaryl/α,β-unsaturated/α-hetero) is 1. The number of rotatable bonds is 10. The van der Waals surface area contributed by atoms with Crippen LogP contribution >= 0.6 is 0 Å². The van der Waals surface area contributed by atoms with Crippen LogP contribution in [0, 0.1) is 11.3 Å². The Balaban J connectivity index is 2.37. The zero-order valence-electron chi connectivity index (χ0n) is 22.4. The monoisotopic (exact) mass is 460 g/mol. The zero-order valence-corrected chi connectivity index (χ0v) is 22.4.